The van der Waals surface area contributed by atoms with Gasteiger partial charge in [0.1, 0.15) is 5.78 Å². The number of carbonyl (C=O) groups excluding carboxylic acids is 1. The molecular formula is C15H21NO. The number of rotatable bonds is 3. The molecule has 1 heterocycles. The number of ketones is 1. The lowest BCUT2D eigenvalue weighted by Gasteiger charge is -2.33. The number of nitrogens with zero attached hydrogens (tertiary/aromatic N) is 1. The van der Waals surface area contributed by atoms with E-state index in [4.69, 9.17) is 0 Å². The van der Waals surface area contributed by atoms with Gasteiger partial charge < -0.3 is 4.90 Å². The first kappa shape index (κ1) is 12.2. The summed E-state index contributed by atoms with van der Waals surface area (Å²) < 4.78 is 0. The number of Topliss-reactive ketones (excluding diaryl/α,β-unsaturated/α-hetero) is 1. The Bertz CT molecular complexity index is 400. The monoisotopic (exact) mass is 231 g/mol. The molecule has 0 saturated carbocycles. The van der Waals surface area contributed by atoms with Gasteiger partial charge in [-0.25, -0.2) is 0 Å². The summed E-state index contributed by atoms with van der Waals surface area (Å²) in [6, 6.07) is 8.59. The van der Waals surface area contributed by atoms with Gasteiger partial charge in [-0.2, -0.15) is 0 Å². The second-order valence-corrected chi connectivity index (χ2v) is 4.94. The van der Waals surface area contributed by atoms with Crippen LogP contribution in [0.15, 0.2) is 24.3 Å². The maximum absolute atomic E-state index is 11.6. The summed E-state index contributed by atoms with van der Waals surface area (Å²) in [7, 11) is 0. The highest BCUT2D eigenvalue weighted by atomic mass is 16.1. The molecule has 92 valence electrons. The molecule has 0 aromatic heterocycles. The first-order valence-electron chi connectivity index (χ1n) is 6.58. The van der Waals surface area contributed by atoms with Gasteiger partial charge in [-0.05, 0) is 18.1 Å². The van der Waals surface area contributed by atoms with Crippen molar-refractivity contribution in [3.8, 4) is 0 Å². The van der Waals surface area contributed by atoms with Gasteiger partial charge in [0.05, 0.1) is 0 Å². The van der Waals surface area contributed by atoms with Crippen LogP contribution in [0, 0.1) is 5.92 Å². The predicted octanol–water partition coefficient (Wildman–Crippen LogP) is 3.05. The van der Waals surface area contributed by atoms with Gasteiger partial charge in [-0.15, -0.1) is 0 Å². The molecule has 0 N–H and O–H groups in total. The Balaban J connectivity index is 2.19. The molecule has 1 aromatic rings. The lowest BCUT2D eigenvalue weighted by atomic mass is 9.97. The second-order valence-electron chi connectivity index (χ2n) is 4.94. The van der Waals surface area contributed by atoms with Gasteiger partial charge in [0.25, 0.3) is 0 Å². The van der Waals surface area contributed by atoms with Crippen LogP contribution in [0.2, 0.25) is 0 Å². The summed E-state index contributed by atoms with van der Waals surface area (Å²) in [6.45, 7) is 6.00. The van der Waals surface area contributed by atoms with Crippen molar-refractivity contribution in [1.82, 2.24) is 0 Å². The number of anilines is 1. The Labute approximate surface area is 104 Å². The average Bonchev–Trinajstić information content (AvgIpc) is 2.34. The van der Waals surface area contributed by atoms with Crippen LogP contribution in [0.4, 0.5) is 5.69 Å². The smallest absolute Gasteiger partial charge is 0.139 e. The van der Waals surface area contributed by atoms with Crippen molar-refractivity contribution in [2.45, 2.75) is 33.1 Å². The fourth-order valence-electron chi connectivity index (χ4n) is 2.53. The minimum Gasteiger partial charge on any atom is -0.370 e. The number of aryl methyl sites for hydroxylation is 1. The van der Waals surface area contributed by atoms with E-state index in [0.717, 1.165) is 19.5 Å². The molecule has 0 bridgehead atoms. The Morgan fingerprint density at radius 3 is 2.82 bits per heavy atom. The number of para-hydroxylation sites is 1. The lowest BCUT2D eigenvalue weighted by Crippen LogP contribution is -2.40. The molecule has 1 unspecified atom stereocenters. The molecule has 1 aliphatic rings. The third kappa shape index (κ3) is 2.68. The van der Waals surface area contributed by atoms with Gasteiger partial charge >= 0.3 is 0 Å². The first-order chi connectivity index (χ1) is 8.22. The van der Waals surface area contributed by atoms with Gasteiger partial charge in [0, 0.05) is 31.1 Å². The quantitative estimate of drug-likeness (QED) is 0.797. The Morgan fingerprint density at radius 2 is 2.12 bits per heavy atom. The highest BCUT2D eigenvalue weighted by Crippen LogP contribution is 2.25. The number of piperidine rings is 1. The fourth-order valence-corrected chi connectivity index (χ4v) is 2.53. The average molecular weight is 231 g/mol. The lowest BCUT2D eigenvalue weighted by molar-refractivity contribution is -0.122. The van der Waals surface area contributed by atoms with E-state index in [9.17, 15) is 4.79 Å². The summed E-state index contributed by atoms with van der Waals surface area (Å²) >= 11 is 0. The van der Waals surface area contributed by atoms with Crippen molar-refractivity contribution in [3.63, 3.8) is 0 Å². The highest BCUT2D eigenvalue weighted by Gasteiger charge is 2.24. The van der Waals surface area contributed by atoms with Gasteiger partial charge in [0.2, 0.25) is 0 Å². The number of hydrogen-bond acceptors (Lipinski definition) is 2. The Morgan fingerprint density at radius 1 is 1.35 bits per heavy atom. The summed E-state index contributed by atoms with van der Waals surface area (Å²) in [5.41, 5.74) is 2.74. The molecule has 0 radical (unpaired) electrons. The van der Waals surface area contributed by atoms with E-state index in [2.05, 4.69) is 36.1 Å². The highest BCUT2D eigenvalue weighted by molar-refractivity contribution is 5.83. The Hall–Kier alpha value is -1.31. The molecule has 1 fully saturated rings. The minimum atomic E-state index is 0.179. The number of hydrogen-bond donors (Lipinski definition) is 0. The van der Waals surface area contributed by atoms with Crippen LogP contribution in [-0.4, -0.2) is 18.9 Å². The normalized spacial score (nSPS) is 20.7. The van der Waals surface area contributed by atoms with Crippen molar-refractivity contribution in [2.75, 3.05) is 18.0 Å². The van der Waals surface area contributed by atoms with Crippen LogP contribution < -0.4 is 4.90 Å². The molecule has 1 atom stereocenters. The molecule has 0 amide bonds. The molecule has 0 aliphatic carbocycles. The van der Waals surface area contributed by atoms with E-state index in [1.165, 1.54) is 17.7 Å². The van der Waals surface area contributed by atoms with Gasteiger partial charge in [0.15, 0.2) is 0 Å². The van der Waals surface area contributed by atoms with Crippen LogP contribution in [0.25, 0.3) is 0 Å². The molecule has 2 nitrogen and oxygen atoms in total. The molecule has 17 heavy (non-hydrogen) atoms. The van der Waals surface area contributed by atoms with Crippen molar-refractivity contribution in [3.05, 3.63) is 29.8 Å². The first-order valence-corrected chi connectivity index (χ1v) is 6.58. The van der Waals surface area contributed by atoms with Crippen molar-refractivity contribution < 1.29 is 4.79 Å². The van der Waals surface area contributed by atoms with E-state index < -0.39 is 0 Å². The Kier molecular flexibility index (Phi) is 3.82. The van der Waals surface area contributed by atoms with E-state index in [1.807, 2.05) is 6.92 Å². The van der Waals surface area contributed by atoms with Gasteiger partial charge in [-0.1, -0.05) is 38.5 Å². The molecule has 1 aromatic carbocycles. The zero-order valence-corrected chi connectivity index (χ0v) is 10.8. The van der Waals surface area contributed by atoms with Crippen LogP contribution in [0.1, 0.15) is 32.3 Å². The standard InChI is InChI=1S/C15H21NO/c1-3-6-13-7-4-5-8-14(13)16-10-9-15(17)12(2)11-16/h4-5,7-8,12H,3,6,9-11H2,1-2H3. The van der Waals surface area contributed by atoms with Crippen molar-refractivity contribution in [2.24, 2.45) is 5.92 Å². The van der Waals surface area contributed by atoms with E-state index in [0.29, 0.717) is 12.2 Å². The molecule has 2 rings (SSSR count). The van der Waals surface area contributed by atoms with Crippen LogP contribution in [0.5, 0.6) is 0 Å². The topological polar surface area (TPSA) is 20.3 Å². The molecule has 1 aliphatic heterocycles. The van der Waals surface area contributed by atoms with Crippen LogP contribution >= 0.6 is 0 Å². The maximum Gasteiger partial charge on any atom is 0.139 e. The molecule has 1 saturated heterocycles. The van der Waals surface area contributed by atoms with Crippen molar-refractivity contribution >= 4 is 11.5 Å². The summed E-state index contributed by atoms with van der Waals surface area (Å²) in [4.78, 5) is 13.9. The molecular weight excluding hydrogens is 210 g/mol. The third-order valence-corrected chi connectivity index (χ3v) is 3.52. The SMILES string of the molecule is CCCc1ccccc1N1CCC(=O)C(C)C1. The van der Waals surface area contributed by atoms with E-state index >= 15 is 0 Å². The zero-order chi connectivity index (χ0) is 12.3. The summed E-state index contributed by atoms with van der Waals surface area (Å²) in [6.07, 6.45) is 2.98. The number of benzene rings is 1. The van der Waals surface area contributed by atoms with E-state index in [-0.39, 0.29) is 5.92 Å². The zero-order valence-electron chi connectivity index (χ0n) is 10.8. The van der Waals surface area contributed by atoms with E-state index in [1.54, 1.807) is 0 Å². The molecule has 2 heteroatoms. The van der Waals surface area contributed by atoms with Gasteiger partial charge in [-0.3, -0.25) is 4.79 Å². The van der Waals surface area contributed by atoms with Crippen molar-refractivity contribution in [1.29, 1.82) is 0 Å². The predicted molar refractivity (Wildman–Crippen MR) is 71.4 cm³/mol. The van der Waals surface area contributed by atoms with Crippen LogP contribution in [-0.2, 0) is 11.2 Å². The van der Waals surface area contributed by atoms with Crippen LogP contribution in [0.3, 0.4) is 0 Å². The molecule has 0 spiro atoms. The second kappa shape index (κ2) is 5.35. The minimum absolute atomic E-state index is 0.179. The third-order valence-electron chi connectivity index (χ3n) is 3.52. The fraction of sp³-hybridized carbons (Fsp3) is 0.533. The summed E-state index contributed by atoms with van der Waals surface area (Å²) in [5, 5.41) is 0. The largest absolute Gasteiger partial charge is 0.370 e. The maximum atomic E-state index is 11.6. The number of carbonyl (C=O) groups is 1. The summed E-state index contributed by atoms with van der Waals surface area (Å²) in [5.74, 6) is 0.590.